The molecular formula is C27H36N4O2. The van der Waals surface area contributed by atoms with Crippen molar-refractivity contribution in [2.75, 3.05) is 18.0 Å². The molecule has 3 aromatic rings. The van der Waals surface area contributed by atoms with Crippen molar-refractivity contribution in [1.29, 1.82) is 0 Å². The molecule has 0 bridgehead atoms. The number of hydrogen-bond acceptors (Lipinski definition) is 6. The number of aromatic hydroxyl groups is 2. The lowest BCUT2D eigenvalue weighted by atomic mass is 10.1. The minimum absolute atomic E-state index is 0.209. The van der Waals surface area contributed by atoms with E-state index < -0.39 is 0 Å². The summed E-state index contributed by atoms with van der Waals surface area (Å²) in [4.78, 5) is 16.7. The highest BCUT2D eigenvalue weighted by Gasteiger charge is 2.16. The highest BCUT2D eigenvalue weighted by Crippen LogP contribution is 2.26. The Labute approximate surface area is 197 Å². The van der Waals surface area contributed by atoms with E-state index >= 15 is 0 Å². The maximum Gasteiger partial charge on any atom is 0.229 e. The molecule has 0 fully saturated rings. The highest BCUT2D eigenvalue weighted by molar-refractivity contribution is 5.64. The number of nitrogens with zero attached hydrogens (tertiary/aromatic N) is 4. The zero-order valence-corrected chi connectivity index (χ0v) is 19.9. The first-order valence-corrected chi connectivity index (χ1v) is 12.2. The quantitative estimate of drug-likeness (QED) is 0.287. The van der Waals surface area contributed by atoms with Gasteiger partial charge in [0.25, 0.3) is 0 Å². The average Bonchev–Trinajstić information content (AvgIpc) is 2.83. The molecule has 0 aliphatic rings. The van der Waals surface area contributed by atoms with Gasteiger partial charge in [-0.3, -0.25) is 0 Å². The van der Waals surface area contributed by atoms with Crippen LogP contribution in [0.3, 0.4) is 0 Å². The summed E-state index contributed by atoms with van der Waals surface area (Å²) < 4.78 is 0. The van der Waals surface area contributed by atoms with Gasteiger partial charge >= 0.3 is 0 Å². The molecule has 1 aromatic heterocycles. The molecule has 0 atom stereocenters. The third kappa shape index (κ3) is 7.45. The normalized spacial score (nSPS) is 11.0. The SMILES string of the molecule is CCCCCCN(CCCCCC)c1nc(-c2ccc(O)cc2)nc(-c2ccc(O)cc2)n1. The highest BCUT2D eigenvalue weighted by atomic mass is 16.3. The maximum atomic E-state index is 9.70. The number of anilines is 1. The van der Waals surface area contributed by atoms with Crippen molar-refractivity contribution in [2.24, 2.45) is 0 Å². The predicted octanol–water partition coefficient (Wildman–Crippen LogP) is 6.58. The number of rotatable bonds is 13. The Balaban J connectivity index is 1.97. The zero-order chi connectivity index (χ0) is 23.5. The summed E-state index contributed by atoms with van der Waals surface area (Å²) in [6, 6.07) is 13.9. The zero-order valence-electron chi connectivity index (χ0n) is 19.9. The van der Waals surface area contributed by atoms with Gasteiger partial charge in [-0.25, -0.2) is 4.98 Å². The fourth-order valence-corrected chi connectivity index (χ4v) is 3.76. The van der Waals surface area contributed by atoms with Crippen molar-refractivity contribution >= 4 is 5.95 Å². The molecule has 0 radical (unpaired) electrons. The fourth-order valence-electron chi connectivity index (χ4n) is 3.76. The van der Waals surface area contributed by atoms with Crippen molar-refractivity contribution in [1.82, 2.24) is 15.0 Å². The van der Waals surface area contributed by atoms with Crippen LogP contribution in [0.15, 0.2) is 48.5 Å². The van der Waals surface area contributed by atoms with E-state index in [-0.39, 0.29) is 11.5 Å². The van der Waals surface area contributed by atoms with Crippen molar-refractivity contribution in [2.45, 2.75) is 65.2 Å². The van der Waals surface area contributed by atoms with Crippen molar-refractivity contribution in [3.05, 3.63) is 48.5 Å². The summed E-state index contributed by atoms with van der Waals surface area (Å²) >= 11 is 0. The monoisotopic (exact) mass is 448 g/mol. The molecule has 2 aromatic carbocycles. The number of hydrogen-bond donors (Lipinski definition) is 2. The number of phenolic OH excluding ortho intramolecular Hbond substituents is 2. The van der Waals surface area contributed by atoms with E-state index in [1.54, 1.807) is 24.3 Å². The average molecular weight is 449 g/mol. The minimum Gasteiger partial charge on any atom is -0.508 e. The van der Waals surface area contributed by atoms with Crippen LogP contribution in [0.2, 0.25) is 0 Å². The maximum absolute atomic E-state index is 9.70. The second kappa shape index (κ2) is 12.8. The molecule has 0 aliphatic carbocycles. The van der Waals surface area contributed by atoms with Crippen molar-refractivity contribution in [3.63, 3.8) is 0 Å². The summed E-state index contributed by atoms with van der Waals surface area (Å²) in [5.74, 6) is 2.26. The van der Waals surface area contributed by atoms with Crippen LogP contribution >= 0.6 is 0 Å². The molecule has 0 aliphatic heterocycles. The molecule has 0 saturated heterocycles. The van der Waals surface area contributed by atoms with E-state index in [4.69, 9.17) is 15.0 Å². The second-order valence-corrected chi connectivity index (χ2v) is 8.48. The summed E-state index contributed by atoms with van der Waals surface area (Å²) in [7, 11) is 0. The number of unbranched alkanes of at least 4 members (excludes halogenated alkanes) is 6. The van der Waals surface area contributed by atoms with Crippen molar-refractivity contribution < 1.29 is 10.2 Å². The number of phenols is 2. The molecule has 2 N–H and O–H groups in total. The summed E-state index contributed by atoms with van der Waals surface area (Å²) in [6.45, 7) is 6.28. The van der Waals surface area contributed by atoms with E-state index in [1.807, 2.05) is 24.3 Å². The Morgan fingerprint density at radius 3 is 1.39 bits per heavy atom. The largest absolute Gasteiger partial charge is 0.508 e. The van der Waals surface area contributed by atoms with Crippen LogP contribution in [-0.4, -0.2) is 38.3 Å². The van der Waals surface area contributed by atoms with Crippen LogP contribution in [-0.2, 0) is 0 Å². The molecule has 6 heteroatoms. The Kier molecular flexibility index (Phi) is 9.48. The Morgan fingerprint density at radius 1 is 0.576 bits per heavy atom. The van der Waals surface area contributed by atoms with Gasteiger partial charge in [-0.15, -0.1) is 0 Å². The molecule has 3 rings (SSSR count). The predicted molar refractivity (Wildman–Crippen MR) is 135 cm³/mol. The summed E-state index contributed by atoms with van der Waals surface area (Å²) in [6.07, 6.45) is 9.49. The van der Waals surface area contributed by atoms with Gasteiger partial charge in [-0.2, -0.15) is 9.97 Å². The van der Waals surface area contributed by atoms with Crippen LogP contribution in [0.4, 0.5) is 5.95 Å². The molecule has 176 valence electrons. The summed E-state index contributed by atoms with van der Waals surface area (Å²) in [5.41, 5.74) is 1.65. The molecule has 0 amide bonds. The first-order valence-electron chi connectivity index (χ1n) is 12.2. The van der Waals surface area contributed by atoms with Gasteiger partial charge in [-0.05, 0) is 61.4 Å². The minimum atomic E-state index is 0.209. The van der Waals surface area contributed by atoms with Crippen molar-refractivity contribution in [3.8, 4) is 34.3 Å². The first-order chi connectivity index (χ1) is 16.1. The third-order valence-corrected chi connectivity index (χ3v) is 5.72. The van der Waals surface area contributed by atoms with Crippen LogP contribution in [0, 0.1) is 0 Å². The molecule has 0 spiro atoms. The van der Waals surface area contributed by atoms with Gasteiger partial charge in [0.15, 0.2) is 11.6 Å². The van der Waals surface area contributed by atoms with E-state index in [9.17, 15) is 10.2 Å². The van der Waals surface area contributed by atoms with Gasteiger partial charge in [0.05, 0.1) is 0 Å². The van der Waals surface area contributed by atoms with Crippen LogP contribution in [0.25, 0.3) is 22.8 Å². The van der Waals surface area contributed by atoms with Crippen LogP contribution in [0.1, 0.15) is 65.2 Å². The van der Waals surface area contributed by atoms with Crippen LogP contribution < -0.4 is 4.90 Å². The Bertz CT molecular complexity index is 899. The Morgan fingerprint density at radius 2 is 1.00 bits per heavy atom. The molecule has 0 unspecified atom stereocenters. The fraction of sp³-hybridized carbons (Fsp3) is 0.444. The molecule has 33 heavy (non-hydrogen) atoms. The first kappa shape index (κ1) is 24.5. The van der Waals surface area contributed by atoms with Gasteiger partial charge < -0.3 is 15.1 Å². The second-order valence-electron chi connectivity index (χ2n) is 8.48. The molecule has 0 saturated carbocycles. The van der Waals surface area contributed by atoms with Gasteiger partial charge in [0.2, 0.25) is 5.95 Å². The van der Waals surface area contributed by atoms with Gasteiger partial charge in [0, 0.05) is 24.2 Å². The topological polar surface area (TPSA) is 82.4 Å². The number of aromatic nitrogens is 3. The Hall–Kier alpha value is -3.15. The molecule has 6 nitrogen and oxygen atoms in total. The summed E-state index contributed by atoms with van der Waals surface area (Å²) in [5, 5.41) is 19.4. The van der Waals surface area contributed by atoms with Crippen LogP contribution in [0.5, 0.6) is 11.5 Å². The van der Waals surface area contributed by atoms with E-state index in [1.165, 1.54) is 38.5 Å². The van der Waals surface area contributed by atoms with E-state index in [0.29, 0.717) is 17.6 Å². The lowest BCUT2D eigenvalue weighted by Gasteiger charge is -2.23. The van der Waals surface area contributed by atoms with E-state index in [2.05, 4.69) is 18.7 Å². The van der Waals surface area contributed by atoms with Gasteiger partial charge in [0.1, 0.15) is 11.5 Å². The lowest BCUT2D eigenvalue weighted by molar-refractivity contribution is 0.475. The van der Waals surface area contributed by atoms with E-state index in [0.717, 1.165) is 37.1 Å². The molecule has 1 heterocycles. The standard InChI is InChI=1S/C27H36N4O2/c1-3-5-7-9-19-31(20-10-8-6-4-2)27-29-25(21-11-15-23(32)16-12-21)28-26(30-27)22-13-17-24(33)18-14-22/h11-18,32-33H,3-10,19-20H2,1-2H3. The smallest absolute Gasteiger partial charge is 0.229 e. The lowest BCUT2D eigenvalue weighted by Crippen LogP contribution is -2.28. The molecular weight excluding hydrogens is 412 g/mol. The van der Waals surface area contributed by atoms with Gasteiger partial charge in [-0.1, -0.05) is 52.4 Å². The third-order valence-electron chi connectivity index (χ3n) is 5.72. The number of benzene rings is 2.